The molecule has 2 atom stereocenters. The highest BCUT2D eigenvalue weighted by Crippen LogP contribution is 2.52. The lowest BCUT2D eigenvalue weighted by Crippen LogP contribution is -2.53. The van der Waals surface area contributed by atoms with Gasteiger partial charge in [0.05, 0.1) is 17.5 Å². The lowest BCUT2D eigenvalue weighted by Gasteiger charge is -2.32. The van der Waals surface area contributed by atoms with Crippen molar-refractivity contribution in [2.75, 3.05) is 0 Å². The van der Waals surface area contributed by atoms with Gasteiger partial charge in [0.2, 0.25) is 0 Å². The minimum Gasteiger partial charge on any atom is -0.435 e. The summed E-state index contributed by atoms with van der Waals surface area (Å²) in [6.45, 7) is -3.06. The molecule has 0 saturated heterocycles. The van der Waals surface area contributed by atoms with Crippen LogP contribution in [-0.2, 0) is 5.60 Å². The van der Waals surface area contributed by atoms with Crippen LogP contribution in [0.1, 0.15) is 40.8 Å². The van der Waals surface area contributed by atoms with Gasteiger partial charge in [-0.1, -0.05) is 60.7 Å². The van der Waals surface area contributed by atoms with E-state index in [4.69, 9.17) is 0 Å². The van der Waals surface area contributed by atoms with E-state index in [1.165, 1.54) is 12.1 Å². The monoisotopic (exact) mass is 569 g/mol. The van der Waals surface area contributed by atoms with Gasteiger partial charge in [-0.05, 0) is 35.2 Å². The summed E-state index contributed by atoms with van der Waals surface area (Å²) in [5.41, 5.74) is -3.31. The molecule has 210 valence electrons. The van der Waals surface area contributed by atoms with Gasteiger partial charge in [-0.15, -0.1) is 0 Å². The largest absolute Gasteiger partial charge is 0.435 e. The number of nitrogens with zero attached hydrogens (tertiary/aromatic N) is 1. The first-order chi connectivity index (χ1) is 18.7. The van der Waals surface area contributed by atoms with Crippen molar-refractivity contribution in [1.82, 2.24) is 4.98 Å². The summed E-state index contributed by atoms with van der Waals surface area (Å²) in [7, 11) is 0. The molecular weight excluding hydrogens is 550 g/mol. The molecule has 2 aliphatic carbocycles. The molecule has 0 spiro atoms. The Morgan fingerprint density at radius 1 is 0.800 bits per heavy atom. The number of ether oxygens (including phenoxy) is 1. The Hall–Kier alpha value is -3.77. The van der Waals surface area contributed by atoms with Gasteiger partial charge in [0.15, 0.2) is 0 Å². The van der Waals surface area contributed by atoms with Crippen molar-refractivity contribution in [2.45, 2.75) is 43.0 Å². The van der Waals surface area contributed by atoms with Crippen LogP contribution in [0, 0.1) is 0 Å². The van der Waals surface area contributed by atoms with Crippen LogP contribution < -0.4 is 4.74 Å². The molecule has 4 nitrogen and oxygen atoms in total. The number of fused-ring (bicyclic) bond motifs is 3. The second-order valence-corrected chi connectivity index (χ2v) is 9.34. The number of para-hydroxylation sites is 1. The molecule has 0 fully saturated rings. The van der Waals surface area contributed by atoms with Crippen molar-refractivity contribution >= 4 is 0 Å². The Balaban J connectivity index is 1.54. The molecule has 0 amide bonds. The summed E-state index contributed by atoms with van der Waals surface area (Å²) in [5.74, 6) is -0.576. The van der Waals surface area contributed by atoms with Crippen LogP contribution in [0.25, 0.3) is 22.4 Å². The van der Waals surface area contributed by atoms with Gasteiger partial charge in [-0.2, -0.15) is 35.1 Å². The summed E-state index contributed by atoms with van der Waals surface area (Å²) in [6.07, 6.45) is -12.8. The lowest BCUT2D eigenvalue weighted by atomic mass is 9.90. The van der Waals surface area contributed by atoms with Gasteiger partial charge >= 0.3 is 19.0 Å². The van der Waals surface area contributed by atoms with Crippen molar-refractivity contribution in [3.8, 4) is 28.1 Å². The number of halogens is 8. The lowest BCUT2D eigenvalue weighted by molar-refractivity contribution is -0.376. The highest BCUT2D eigenvalue weighted by Gasteiger charge is 2.71. The first-order valence-electron chi connectivity index (χ1n) is 11.8. The van der Waals surface area contributed by atoms with E-state index in [1.54, 1.807) is 36.4 Å². The number of rotatable bonds is 5. The summed E-state index contributed by atoms with van der Waals surface area (Å²) in [6, 6.07) is 15.7. The van der Waals surface area contributed by atoms with Crippen molar-refractivity contribution in [3.63, 3.8) is 0 Å². The molecule has 1 aliphatic heterocycles. The fourth-order valence-corrected chi connectivity index (χ4v) is 5.14. The van der Waals surface area contributed by atoms with E-state index in [9.17, 15) is 45.3 Å². The third-order valence-corrected chi connectivity index (χ3v) is 7.02. The summed E-state index contributed by atoms with van der Waals surface area (Å²) < 4.78 is 110. The highest BCUT2D eigenvalue weighted by atomic mass is 19.4. The molecule has 0 saturated carbocycles. The van der Waals surface area contributed by atoms with Crippen molar-refractivity contribution in [3.05, 3.63) is 95.2 Å². The van der Waals surface area contributed by atoms with Crippen molar-refractivity contribution in [1.29, 1.82) is 0 Å². The summed E-state index contributed by atoms with van der Waals surface area (Å²) >= 11 is 0. The van der Waals surface area contributed by atoms with E-state index in [0.717, 1.165) is 12.1 Å². The topological polar surface area (TPSA) is 62.6 Å². The first-order valence-corrected chi connectivity index (χ1v) is 11.8. The van der Waals surface area contributed by atoms with Gasteiger partial charge in [0, 0.05) is 22.6 Å². The average Bonchev–Trinajstić information content (AvgIpc) is 3.31. The van der Waals surface area contributed by atoms with Crippen LogP contribution in [0.3, 0.4) is 0 Å². The smallest absolute Gasteiger partial charge is 0.430 e. The van der Waals surface area contributed by atoms with Crippen LogP contribution in [0.2, 0.25) is 0 Å². The van der Waals surface area contributed by atoms with E-state index in [1.807, 2.05) is 0 Å². The Labute approximate surface area is 221 Å². The second-order valence-electron chi connectivity index (χ2n) is 9.34. The van der Waals surface area contributed by atoms with E-state index < -0.39 is 42.2 Å². The van der Waals surface area contributed by atoms with Gasteiger partial charge in [-0.3, -0.25) is 0 Å². The zero-order chi connectivity index (χ0) is 29.0. The highest BCUT2D eigenvalue weighted by molar-refractivity contribution is 5.75. The number of aliphatic hydroxyl groups excluding tert-OH is 1. The minimum absolute atomic E-state index is 0.0457. The molecule has 0 aromatic heterocycles. The Morgan fingerprint density at radius 2 is 1.38 bits per heavy atom. The fraction of sp³-hybridized carbons (Fsp3) is 0.250. The van der Waals surface area contributed by atoms with Crippen LogP contribution in [0.15, 0.2) is 72.8 Å². The number of aromatic nitrogens is 1. The minimum atomic E-state index is -6.00. The molecular formula is C28H19F8NO3. The Kier molecular flexibility index (Phi) is 6.74. The summed E-state index contributed by atoms with van der Waals surface area (Å²) in [5, 5.41) is 20.3. The zero-order valence-electron chi connectivity index (χ0n) is 20.1. The molecule has 40 heavy (non-hydrogen) atoms. The quantitative estimate of drug-likeness (QED) is 0.247. The fourth-order valence-electron chi connectivity index (χ4n) is 5.14. The number of aliphatic hydroxyl groups is 2. The first kappa shape index (κ1) is 27.8. The van der Waals surface area contributed by atoms with Crippen LogP contribution in [-0.4, -0.2) is 34.2 Å². The number of benzene rings is 2. The predicted octanol–water partition coefficient (Wildman–Crippen LogP) is 7.34. The van der Waals surface area contributed by atoms with Crippen molar-refractivity contribution < 1.29 is 50.1 Å². The number of hydrogen-bond donors (Lipinski definition) is 2. The van der Waals surface area contributed by atoms with E-state index in [0.29, 0.717) is 45.8 Å². The maximum absolute atomic E-state index is 13.2. The third-order valence-electron chi connectivity index (χ3n) is 7.02. The second kappa shape index (κ2) is 9.70. The molecule has 1 heterocycles. The van der Waals surface area contributed by atoms with Gasteiger partial charge in [0.25, 0.3) is 5.60 Å². The van der Waals surface area contributed by atoms with E-state index in [2.05, 4.69) is 9.72 Å². The molecule has 3 aliphatic rings. The average molecular weight is 569 g/mol. The Bertz CT molecular complexity index is 1490. The summed E-state index contributed by atoms with van der Waals surface area (Å²) in [4.78, 5) is 4.49. The van der Waals surface area contributed by atoms with E-state index >= 15 is 0 Å². The zero-order valence-corrected chi connectivity index (χ0v) is 20.1. The molecule has 2 aromatic rings. The Morgan fingerprint density at radius 3 is 1.98 bits per heavy atom. The normalized spacial score (nSPS) is 17.9. The van der Waals surface area contributed by atoms with Crippen LogP contribution >= 0.6 is 0 Å². The molecule has 2 N–H and O–H groups in total. The number of hydrogen-bond acceptors (Lipinski definition) is 4. The standard InChI is InChI=1S/C28H19F8NO3/c29-25(30)40-22-4-2-1-3-17(22)19-13-21(38)24-23(19)18-11-7-15(8-12-20(18)37-24)14-5-9-16(10-6-14)26(39,27(31,32)33)28(34,35)36/h1-12,19,21,25,38-39H,13H2/t19-,21-/m1/s1. The predicted molar refractivity (Wildman–Crippen MR) is 127 cm³/mol. The molecule has 0 unspecified atom stereocenters. The molecule has 2 aromatic carbocycles. The van der Waals surface area contributed by atoms with Crippen molar-refractivity contribution in [2.24, 2.45) is 0 Å². The maximum atomic E-state index is 13.2. The number of alkyl halides is 8. The molecule has 0 bridgehead atoms. The van der Waals surface area contributed by atoms with Gasteiger partial charge < -0.3 is 14.9 Å². The van der Waals surface area contributed by atoms with E-state index in [-0.39, 0.29) is 17.7 Å². The SMILES string of the molecule is O[C@@H]1C[C@H](c2ccccc2OC(F)F)c2c3ccc(-c4ccc(C(O)(C(F)(F)F)C(F)(F)F)cc4)ccc-3nc21. The van der Waals surface area contributed by atoms with Gasteiger partial charge in [-0.25, -0.2) is 4.98 Å². The maximum Gasteiger partial charge on any atom is 0.430 e. The molecule has 0 radical (unpaired) electrons. The molecule has 12 heteroatoms. The van der Waals surface area contributed by atoms with Gasteiger partial charge in [0.1, 0.15) is 5.75 Å². The molecule has 5 rings (SSSR count). The van der Waals surface area contributed by atoms with Crippen LogP contribution in [0.5, 0.6) is 5.75 Å². The third kappa shape index (κ3) is 4.54. The van der Waals surface area contributed by atoms with Crippen LogP contribution in [0.4, 0.5) is 35.1 Å².